The lowest BCUT2D eigenvalue weighted by Crippen LogP contribution is -2.50. The number of rotatable bonds is 6. The highest BCUT2D eigenvalue weighted by molar-refractivity contribution is 5.91. The number of amides is 2. The summed E-state index contributed by atoms with van der Waals surface area (Å²) in [6.07, 6.45) is 9.87. The molecule has 1 N–H and O–H groups in total. The van der Waals surface area contributed by atoms with E-state index in [1.165, 1.54) is 31.4 Å². The maximum Gasteiger partial charge on any atom is 0.225 e. The highest BCUT2D eigenvalue weighted by atomic mass is 16.5. The molecule has 4 fully saturated rings. The van der Waals surface area contributed by atoms with Crippen LogP contribution in [0.5, 0.6) is 0 Å². The predicted octanol–water partition coefficient (Wildman–Crippen LogP) is 3.75. The first-order valence-electron chi connectivity index (χ1n) is 13.9. The molecule has 192 valence electrons. The van der Waals surface area contributed by atoms with Crippen LogP contribution in [0.1, 0.15) is 57.8 Å². The average molecular weight is 483 g/mol. The van der Waals surface area contributed by atoms with Gasteiger partial charge in [-0.25, -0.2) is 0 Å². The topological polar surface area (TPSA) is 65.1 Å². The van der Waals surface area contributed by atoms with Gasteiger partial charge in [0.15, 0.2) is 0 Å². The average Bonchev–Trinajstić information content (AvgIpc) is 3.42. The lowest BCUT2D eigenvalue weighted by atomic mass is 9.92. The van der Waals surface area contributed by atoms with Crippen LogP contribution in [0, 0.1) is 11.8 Å². The van der Waals surface area contributed by atoms with E-state index in [0.29, 0.717) is 37.5 Å². The van der Waals surface area contributed by atoms with Gasteiger partial charge < -0.3 is 24.8 Å². The highest BCUT2D eigenvalue weighted by Gasteiger charge is 2.33. The summed E-state index contributed by atoms with van der Waals surface area (Å²) in [5.41, 5.74) is 2.12. The number of hydrogen-bond acceptors (Lipinski definition) is 5. The second-order valence-electron chi connectivity index (χ2n) is 10.9. The molecule has 0 aromatic heterocycles. The second kappa shape index (κ2) is 11.7. The van der Waals surface area contributed by atoms with Crippen molar-refractivity contribution >= 4 is 23.2 Å². The minimum Gasteiger partial charge on any atom is -0.378 e. The molecular weight excluding hydrogens is 440 g/mol. The number of nitrogens with zero attached hydrogens (tertiary/aromatic N) is 3. The highest BCUT2D eigenvalue weighted by Crippen LogP contribution is 2.30. The van der Waals surface area contributed by atoms with Gasteiger partial charge in [-0.15, -0.1) is 0 Å². The van der Waals surface area contributed by atoms with Gasteiger partial charge in [0.2, 0.25) is 11.8 Å². The first-order chi connectivity index (χ1) is 17.2. The molecule has 2 amide bonds. The maximum absolute atomic E-state index is 12.8. The summed E-state index contributed by atoms with van der Waals surface area (Å²) >= 11 is 0. The van der Waals surface area contributed by atoms with Crippen molar-refractivity contribution in [3.05, 3.63) is 24.3 Å². The van der Waals surface area contributed by atoms with Crippen molar-refractivity contribution in [1.82, 2.24) is 9.80 Å². The first-order valence-corrected chi connectivity index (χ1v) is 13.9. The summed E-state index contributed by atoms with van der Waals surface area (Å²) in [4.78, 5) is 32.4. The number of nitrogens with one attached hydrogen (secondary N) is 1. The third-order valence-electron chi connectivity index (χ3n) is 8.63. The minimum atomic E-state index is 0.156. The Hall–Kier alpha value is -2.12. The molecule has 0 unspecified atom stereocenters. The van der Waals surface area contributed by atoms with Crippen molar-refractivity contribution in [2.24, 2.45) is 11.8 Å². The molecule has 5 rings (SSSR count). The summed E-state index contributed by atoms with van der Waals surface area (Å²) in [7, 11) is 0. The van der Waals surface area contributed by atoms with Crippen LogP contribution in [0.15, 0.2) is 24.3 Å². The van der Waals surface area contributed by atoms with Gasteiger partial charge in [-0.2, -0.15) is 0 Å². The number of anilines is 2. The van der Waals surface area contributed by atoms with E-state index in [1.54, 1.807) is 0 Å². The van der Waals surface area contributed by atoms with E-state index < -0.39 is 0 Å². The Morgan fingerprint density at radius 1 is 0.886 bits per heavy atom. The van der Waals surface area contributed by atoms with E-state index in [4.69, 9.17) is 4.74 Å². The molecule has 0 atom stereocenters. The van der Waals surface area contributed by atoms with Crippen LogP contribution in [-0.2, 0) is 14.3 Å². The molecule has 3 aliphatic heterocycles. The first kappa shape index (κ1) is 24.6. The molecule has 1 aromatic carbocycles. The van der Waals surface area contributed by atoms with E-state index in [0.717, 1.165) is 70.6 Å². The number of carbonyl (C=O) groups excluding carboxylic acids is 2. The quantitative estimate of drug-likeness (QED) is 0.669. The molecule has 7 heteroatoms. The third-order valence-corrected chi connectivity index (χ3v) is 8.63. The van der Waals surface area contributed by atoms with Gasteiger partial charge in [-0.1, -0.05) is 18.9 Å². The van der Waals surface area contributed by atoms with Crippen LogP contribution in [0.2, 0.25) is 0 Å². The Kier molecular flexibility index (Phi) is 8.24. The molecule has 1 aliphatic carbocycles. The second-order valence-corrected chi connectivity index (χ2v) is 10.9. The van der Waals surface area contributed by atoms with Gasteiger partial charge in [0.25, 0.3) is 0 Å². The Morgan fingerprint density at radius 3 is 2.31 bits per heavy atom. The van der Waals surface area contributed by atoms with Crippen LogP contribution < -0.4 is 10.2 Å². The Bertz CT molecular complexity index is 850. The van der Waals surface area contributed by atoms with Gasteiger partial charge >= 0.3 is 0 Å². The molecule has 0 bridgehead atoms. The standard InChI is InChI=1S/C28H42N4O3/c33-27(20-22-4-1-2-5-22)29-24-6-3-7-26(21-24)31-14-10-25(11-15-31)30-12-8-23(9-13-30)28(34)32-16-18-35-19-17-32/h3,6-7,21-23,25H,1-2,4-5,8-20H2,(H,29,33). The van der Waals surface area contributed by atoms with Crippen molar-refractivity contribution in [2.45, 2.75) is 63.8 Å². The summed E-state index contributed by atoms with van der Waals surface area (Å²) < 4.78 is 5.40. The third kappa shape index (κ3) is 6.36. The number of hydrogen-bond donors (Lipinski definition) is 1. The van der Waals surface area contributed by atoms with Crippen LogP contribution in [0.4, 0.5) is 11.4 Å². The lowest BCUT2D eigenvalue weighted by molar-refractivity contribution is -0.141. The molecule has 7 nitrogen and oxygen atoms in total. The van der Waals surface area contributed by atoms with E-state index in [-0.39, 0.29) is 11.8 Å². The predicted molar refractivity (Wildman–Crippen MR) is 139 cm³/mol. The van der Waals surface area contributed by atoms with Crippen LogP contribution in [0.25, 0.3) is 0 Å². The van der Waals surface area contributed by atoms with Crippen molar-refractivity contribution in [2.75, 3.05) is 62.7 Å². The van der Waals surface area contributed by atoms with Gasteiger partial charge in [-0.3, -0.25) is 9.59 Å². The monoisotopic (exact) mass is 482 g/mol. The fourth-order valence-electron chi connectivity index (χ4n) is 6.51. The maximum atomic E-state index is 12.8. The fourth-order valence-corrected chi connectivity index (χ4v) is 6.51. The summed E-state index contributed by atoms with van der Waals surface area (Å²) in [6, 6.07) is 8.97. The van der Waals surface area contributed by atoms with E-state index in [2.05, 4.69) is 33.3 Å². The molecule has 35 heavy (non-hydrogen) atoms. The van der Waals surface area contributed by atoms with Gasteiger partial charge in [0.05, 0.1) is 13.2 Å². The van der Waals surface area contributed by atoms with E-state index in [1.807, 2.05) is 11.0 Å². The fraction of sp³-hybridized carbons (Fsp3) is 0.714. The number of piperidine rings is 2. The van der Waals surface area contributed by atoms with Crippen molar-refractivity contribution in [3.8, 4) is 0 Å². The molecule has 3 saturated heterocycles. The largest absolute Gasteiger partial charge is 0.378 e. The number of carbonyl (C=O) groups is 2. The zero-order valence-corrected chi connectivity index (χ0v) is 21.1. The number of likely N-dealkylation sites (tertiary alicyclic amines) is 1. The SMILES string of the molecule is O=C(CC1CCCC1)Nc1cccc(N2CCC(N3CCC(C(=O)N4CCOCC4)CC3)CC2)c1. The molecular formula is C28H42N4O3. The van der Waals surface area contributed by atoms with E-state index >= 15 is 0 Å². The number of benzene rings is 1. The van der Waals surface area contributed by atoms with Gasteiger partial charge in [0, 0.05) is 55.9 Å². The summed E-state index contributed by atoms with van der Waals surface area (Å²) in [6.45, 7) is 7.01. The van der Waals surface area contributed by atoms with Crippen LogP contribution >= 0.6 is 0 Å². The Balaban J connectivity index is 1.06. The number of morpholine rings is 1. The van der Waals surface area contributed by atoms with Crippen molar-refractivity contribution in [3.63, 3.8) is 0 Å². The van der Waals surface area contributed by atoms with E-state index in [9.17, 15) is 9.59 Å². The molecule has 3 heterocycles. The van der Waals surface area contributed by atoms with Crippen LogP contribution in [0.3, 0.4) is 0 Å². The van der Waals surface area contributed by atoms with Gasteiger partial charge in [-0.05, 0) is 75.7 Å². The van der Waals surface area contributed by atoms with Crippen LogP contribution in [-0.4, -0.2) is 80.1 Å². The van der Waals surface area contributed by atoms with Crippen molar-refractivity contribution < 1.29 is 14.3 Å². The zero-order chi connectivity index (χ0) is 24.0. The molecule has 0 spiro atoms. The lowest BCUT2D eigenvalue weighted by Gasteiger charge is -2.43. The Morgan fingerprint density at radius 2 is 1.60 bits per heavy atom. The molecule has 0 radical (unpaired) electrons. The molecule has 1 aromatic rings. The Labute approximate surface area is 210 Å². The normalized spacial score (nSPS) is 23.5. The smallest absolute Gasteiger partial charge is 0.225 e. The van der Waals surface area contributed by atoms with Gasteiger partial charge in [0.1, 0.15) is 0 Å². The summed E-state index contributed by atoms with van der Waals surface area (Å²) in [5, 5.41) is 3.13. The molecule has 4 aliphatic rings. The van der Waals surface area contributed by atoms with Crippen molar-refractivity contribution in [1.29, 1.82) is 0 Å². The summed E-state index contributed by atoms with van der Waals surface area (Å²) in [5.74, 6) is 1.26. The zero-order valence-electron chi connectivity index (χ0n) is 21.1. The number of ether oxygens (including phenoxy) is 1. The minimum absolute atomic E-state index is 0.156. The molecule has 1 saturated carbocycles.